The summed E-state index contributed by atoms with van der Waals surface area (Å²) in [4.78, 5) is 12.6. The molecule has 3 rings (SSSR count). The molecule has 0 amide bonds. The Morgan fingerprint density at radius 2 is 1.84 bits per heavy atom. The first-order chi connectivity index (χ1) is 15.1. The van der Waals surface area contributed by atoms with Gasteiger partial charge in [-0.05, 0) is 55.3 Å². The number of anilines is 2. The number of nitriles is 1. The molecule has 0 fully saturated rings. The van der Waals surface area contributed by atoms with E-state index < -0.39 is 14.9 Å². The highest BCUT2D eigenvalue weighted by molar-refractivity contribution is 7.92. The Morgan fingerprint density at radius 3 is 2.50 bits per heavy atom. The van der Waals surface area contributed by atoms with Crippen molar-refractivity contribution in [3.8, 4) is 6.07 Å². The predicted molar refractivity (Wildman–Crippen MR) is 123 cm³/mol. The van der Waals surface area contributed by atoms with Gasteiger partial charge in [0.25, 0.3) is 15.7 Å². The number of nitro groups is 1. The Kier molecular flexibility index (Phi) is 6.46. The minimum Gasteiger partial charge on any atom is -0.365 e. The van der Waals surface area contributed by atoms with Crippen LogP contribution in [0.4, 0.5) is 17.1 Å². The van der Waals surface area contributed by atoms with Gasteiger partial charge in [0.1, 0.15) is 5.69 Å². The first-order valence-corrected chi connectivity index (χ1v) is 11.2. The van der Waals surface area contributed by atoms with Crippen molar-refractivity contribution in [1.29, 1.82) is 5.26 Å². The molecule has 0 aliphatic carbocycles. The van der Waals surface area contributed by atoms with E-state index >= 15 is 0 Å². The monoisotopic (exact) mass is 450 g/mol. The molecule has 0 saturated carbocycles. The molecule has 0 atom stereocenters. The molecule has 9 heteroatoms. The van der Waals surface area contributed by atoms with Crippen LogP contribution in [0.2, 0.25) is 0 Å². The van der Waals surface area contributed by atoms with Crippen LogP contribution in [-0.2, 0) is 16.6 Å². The van der Waals surface area contributed by atoms with Crippen molar-refractivity contribution in [2.24, 2.45) is 0 Å². The number of aryl methyl sites for hydroxylation is 2. The van der Waals surface area contributed by atoms with Crippen LogP contribution in [0, 0.1) is 35.3 Å². The fraction of sp³-hybridized carbons (Fsp3) is 0.174. The lowest BCUT2D eigenvalue weighted by Gasteiger charge is -2.20. The molecule has 164 valence electrons. The third-order valence-corrected chi connectivity index (χ3v) is 6.33. The number of nitrogens with zero attached hydrogens (tertiary/aromatic N) is 3. The molecule has 32 heavy (non-hydrogen) atoms. The number of nitro benzene ring substituents is 1. The van der Waals surface area contributed by atoms with Crippen LogP contribution in [0.1, 0.15) is 22.3 Å². The van der Waals surface area contributed by atoms with E-state index in [1.165, 1.54) is 12.1 Å². The molecule has 0 heterocycles. The third-order valence-electron chi connectivity index (χ3n) is 4.97. The number of hydrogen-bond donors (Lipinski definition) is 1. The van der Waals surface area contributed by atoms with Gasteiger partial charge in [-0.2, -0.15) is 5.26 Å². The number of rotatable bonds is 7. The highest BCUT2D eigenvalue weighted by atomic mass is 32.2. The van der Waals surface area contributed by atoms with E-state index in [1.807, 2.05) is 19.1 Å². The average molecular weight is 451 g/mol. The summed E-state index contributed by atoms with van der Waals surface area (Å²) < 4.78 is 28.3. The average Bonchev–Trinajstić information content (AvgIpc) is 2.75. The fourth-order valence-electron chi connectivity index (χ4n) is 3.37. The second-order valence-corrected chi connectivity index (χ2v) is 9.18. The topological polar surface area (TPSA) is 116 Å². The van der Waals surface area contributed by atoms with E-state index in [2.05, 4.69) is 10.8 Å². The number of hydrogen-bond acceptors (Lipinski definition) is 6. The maximum absolute atomic E-state index is 12.9. The van der Waals surface area contributed by atoms with Crippen LogP contribution in [-0.4, -0.2) is 20.4 Å². The molecule has 3 aromatic carbocycles. The number of benzene rings is 3. The maximum atomic E-state index is 12.9. The maximum Gasteiger partial charge on any atom is 0.293 e. The van der Waals surface area contributed by atoms with E-state index in [0.717, 1.165) is 22.8 Å². The van der Waals surface area contributed by atoms with Crippen LogP contribution in [0.15, 0.2) is 65.6 Å². The highest BCUT2D eigenvalue weighted by Crippen LogP contribution is 2.32. The van der Waals surface area contributed by atoms with E-state index in [0.29, 0.717) is 17.8 Å². The zero-order valence-corrected chi connectivity index (χ0v) is 18.7. The summed E-state index contributed by atoms with van der Waals surface area (Å²) in [6.45, 7) is 4.00. The van der Waals surface area contributed by atoms with Crippen molar-refractivity contribution >= 4 is 27.1 Å². The molecule has 0 radical (unpaired) electrons. The van der Waals surface area contributed by atoms with E-state index in [1.54, 1.807) is 49.2 Å². The van der Waals surface area contributed by atoms with Crippen LogP contribution in [0.3, 0.4) is 0 Å². The summed E-state index contributed by atoms with van der Waals surface area (Å²) >= 11 is 0. The van der Waals surface area contributed by atoms with Gasteiger partial charge in [0.05, 0.1) is 27.1 Å². The minimum atomic E-state index is -4.02. The van der Waals surface area contributed by atoms with Crippen molar-refractivity contribution in [1.82, 2.24) is 0 Å². The van der Waals surface area contributed by atoms with E-state index in [-0.39, 0.29) is 16.3 Å². The zero-order chi connectivity index (χ0) is 23.5. The third kappa shape index (κ3) is 5.04. The number of nitrogens with one attached hydrogen (secondary N) is 1. The van der Waals surface area contributed by atoms with Gasteiger partial charge in [0.2, 0.25) is 0 Å². The normalized spacial score (nSPS) is 10.9. The Hall–Kier alpha value is -3.90. The van der Waals surface area contributed by atoms with E-state index in [9.17, 15) is 18.5 Å². The van der Waals surface area contributed by atoms with Crippen LogP contribution in [0.5, 0.6) is 0 Å². The lowest BCUT2D eigenvalue weighted by Crippen LogP contribution is -2.19. The summed E-state index contributed by atoms with van der Waals surface area (Å²) in [5, 5.41) is 20.8. The molecule has 0 bridgehead atoms. The molecular formula is C23H22N4O4S. The van der Waals surface area contributed by atoms with Crippen molar-refractivity contribution in [2.75, 3.05) is 16.7 Å². The highest BCUT2D eigenvalue weighted by Gasteiger charge is 2.24. The molecule has 8 nitrogen and oxygen atoms in total. The molecule has 0 aromatic heterocycles. The lowest BCUT2D eigenvalue weighted by molar-refractivity contribution is -0.384. The van der Waals surface area contributed by atoms with Gasteiger partial charge in [-0.25, -0.2) is 8.42 Å². The predicted octanol–water partition coefficient (Wildman–Crippen LogP) is 4.52. The Balaban J connectivity index is 1.92. The Morgan fingerprint density at radius 1 is 1.09 bits per heavy atom. The fourth-order valence-corrected chi connectivity index (χ4v) is 4.52. The molecule has 0 aliphatic heterocycles. The summed E-state index contributed by atoms with van der Waals surface area (Å²) in [6.07, 6.45) is 0. The lowest BCUT2D eigenvalue weighted by atomic mass is 10.1. The molecule has 0 aliphatic rings. The Bertz CT molecular complexity index is 1330. The van der Waals surface area contributed by atoms with Gasteiger partial charge in [-0.3, -0.25) is 14.8 Å². The van der Waals surface area contributed by atoms with Gasteiger partial charge >= 0.3 is 0 Å². The van der Waals surface area contributed by atoms with Gasteiger partial charge in [0, 0.05) is 19.7 Å². The minimum absolute atomic E-state index is 0.201. The van der Waals surface area contributed by atoms with Crippen LogP contribution < -0.4 is 9.62 Å². The van der Waals surface area contributed by atoms with Crippen LogP contribution in [0.25, 0.3) is 0 Å². The standard InChI is InChI=1S/C23H22N4O4S/c1-16-7-9-21(17(2)11-16)25-32(30,31)20-8-10-22(23(13-20)27(28)29)26(3)15-19-6-4-5-18(12-19)14-24/h4-13,25H,15H2,1-3H3. The summed E-state index contributed by atoms with van der Waals surface area (Å²) in [5.41, 5.74) is 3.39. The van der Waals surface area contributed by atoms with Crippen molar-refractivity contribution < 1.29 is 13.3 Å². The van der Waals surface area contributed by atoms with Crippen molar-refractivity contribution in [3.05, 3.63) is 93.0 Å². The molecule has 0 unspecified atom stereocenters. The molecule has 1 N–H and O–H groups in total. The summed E-state index contributed by atoms with van der Waals surface area (Å²) in [7, 11) is -2.35. The van der Waals surface area contributed by atoms with Crippen molar-refractivity contribution in [2.45, 2.75) is 25.3 Å². The smallest absolute Gasteiger partial charge is 0.293 e. The molecular weight excluding hydrogens is 428 g/mol. The van der Waals surface area contributed by atoms with Gasteiger partial charge in [-0.1, -0.05) is 29.8 Å². The second kappa shape index (κ2) is 9.08. The van der Waals surface area contributed by atoms with Crippen molar-refractivity contribution in [3.63, 3.8) is 0 Å². The van der Waals surface area contributed by atoms with Gasteiger partial charge < -0.3 is 4.90 Å². The molecule has 0 saturated heterocycles. The quantitative estimate of drug-likeness (QED) is 0.418. The second-order valence-electron chi connectivity index (χ2n) is 7.50. The number of sulfonamides is 1. The first kappa shape index (κ1) is 22.8. The first-order valence-electron chi connectivity index (χ1n) is 9.69. The Labute approximate surface area is 186 Å². The van der Waals surface area contributed by atoms with Gasteiger partial charge in [-0.15, -0.1) is 0 Å². The summed E-state index contributed by atoms with van der Waals surface area (Å²) in [6, 6.07) is 18.1. The van der Waals surface area contributed by atoms with E-state index in [4.69, 9.17) is 5.26 Å². The zero-order valence-electron chi connectivity index (χ0n) is 17.9. The molecule has 3 aromatic rings. The summed E-state index contributed by atoms with van der Waals surface area (Å²) in [5.74, 6) is 0. The van der Waals surface area contributed by atoms with Crippen LogP contribution >= 0.6 is 0 Å². The molecule has 0 spiro atoms. The SMILES string of the molecule is Cc1ccc(NS(=O)(=O)c2ccc(N(C)Cc3cccc(C#N)c3)c([N+](=O)[O-])c2)c(C)c1. The largest absolute Gasteiger partial charge is 0.365 e. The van der Waals surface area contributed by atoms with Gasteiger partial charge in [0.15, 0.2) is 0 Å².